The van der Waals surface area contributed by atoms with Crippen molar-refractivity contribution in [2.75, 3.05) is 7.11 Å². The summed E-state index contributed by atoms with van der Waals surface area (Å²) >= 11 is 0. The first-order valence-electron chi connectivity index (χ1n) is 5.72. The normalized spacial score (nSPS) is 10.5. The molecule has 6 heteroatoms. The molecule has 0 fully saturated rings. The minimum atomic E-state index is -1.11. The van der Waals surface area contributed by atoms with E-state index in [1.54, 1.807) is 6.07 Å². The highest BCUT2D eigenvalue weighted by Crippen LogP contribution is 2.26. The van der Waals surface area contributed by atoms with Crippen LogP contribution >= 0.6 is 0 Å². The van der Waals surface area contributed by atoms with Crippen molar-refractivity contribution < 1.29 is 19.0 Å². The zero-order valence-electron chi connectivity index (χ0n) is 10.6. The molecule has 0 saturated carbocycles. The molecule has 0 amide bonds. The van der Waals surface area contributed by atoms with Crippen molar-refractivity contribution in [3.05, 3.63) is 35.8 Å². The van der Waals surface area contributed by atoms with Crippen molar-refractivity contribution in [2.45, 2.75) is 13.5 Å². The lowest BCUT2D eigenvalue weighted by atomic mass is 10.1. The van der Waals surface area contributed by atoms with Gasteiger partial charge in [0, 0.05) is 12.1 Å². The largest absolute Gasteiger partial charge is 0.494 e. The van der Waals surface area contributed by atoms with Crippen molar-refractivity contribution in [2.24, 2.45) is 0 Å². The third-order valence-corrected chi connectivity index (χ3v) is 2.75. The van der Waals surface area contributed by atoms with Gasteiger partial charge < -0.3 is 9.84 Å². The van der Waals surface area contributed by atoms with Crippen LogP contribution in [0.1, 0.15) is 17.4 Å². The monoisotopic (exact) mass is 264 g/mol. The summed E-state index contributed by atoms with van der Waals surface area (Å²) < 4.78 is 20.0. The summed E-state index contributed by atoms with van der Waals surface area (Å²) in [6.45, 7) is 2.33. The number of ether oxygens (including phenoxy) is 1. The predicted molar refractivity (Wildman–Crippen MR) is 66.8 cm³/mol. The molecule has 0 saturated heterocycles. The van der Waals surface area contributed by atoms with Crippen LogP contribution in [0.25, 0.3) is 11.3 Å². The fraction of sp³-hybridized carbons (Fsp3) is 0.231. The van der Waals surface area contributed by atoms with Crippen molar-refractivity contribution in [1.82, 2.24) is 9.78 Å². The summed E-state index contributed by atoms with van der Waals surface area (Å²) in [5.41, 5.74) is 1.05. The molecular weight excluding hydrogens is 251 g/mol. The third kappa shape index (κ3) is 2.42. The lowest BCUT2D eigenvalue weighted by Crippen LogP contribution is -2.02. The number of carbonyl (C=O) groups is 1. The fourth-order valence-corrected chi connectivity index (χ4v) is 1.82. The van der Waals surface area contributed by atoms with Crippen LogP contribution in [0.4, 0.5) is 4.39 Å². The van der Waals surface area contributed by atoms with E-state index in [2.05, 4.69) is 5.10 Å². The van der Waals surface area contributed by atoms with Gasteiger partial charge in [-0.25, -0.2) is 9.18 Å². The average molecular weight is 264 g/mol. The number of rotatable bonds is 4. The maximum atomic E-state index is 13.7. The Labute approximate surface area is 109 Å². The number of carboxylic acid groups (broad SMARTS) is 1. The minimum Gasteiger partial charge on any atom is -0.494 e. The second-order valence-electron chi connectivity index (χ2n) is 3.89. The lowest BCUT2D eigenvalue weighted by molar-refractivity contribution is 0.0689. The van der Waals surface area contributed by atoms with E-state index in [9.17, 15) is 9.18 Å². The average Bonchev–Trinajstić information content (AvgIpc) is 2.82. The second kappa shape index (κ2) is 5.09. The van der Waals surface area contributed by atoms with Gasteiger partial charge in [0.15, 0.2) is 17.3 Å². The molecule has 1 aromatic heterocycles. The molecule has 100 valence electrons. The highest BCUT2D eigenvalue weighted by atomic mass is 19.1. The standard InChI is InChI=1S/C13H13FN2O3/c1-3-16-11(7-10(15-16)13(17)18)8-4-5-12(19-2)9(14)6-8/h4-7H,3H2,1-2H3,(H,17,18). The number of aromatic carboxylic acids is 1. The van der Waals surface area contributed by atoms with E-state index in [1.165, 1.54) is 30.0 Å². The SMILES string of the molecule is CCn1nc(C(=O)O)cc1-c1ccc(OC)c(F)c1. The number of carboxylic acids is 1. The number of methoxy groups -OCH3 is 1. The number of nitrogens with zero attached hydrogens (tertiary/aromatic N) is 2. The molecule has 0 aliphatic heterocycles. The van der Waals surface area contributed by atoms with E-state index in [1.807, 2.05) is 6.92 Å². The molecule has 1 N–H and O–H groups in total. The quantitative estimate of drug-likeness (QED) is 0.921. The van der Waals surface area contributed by atoms with Gasteiger partial charge in [0.25, 0.3) is 0 Å². The third-order valence-electron chi connectivity index (χ3n) is 2.75. The number of hydrogen-bond donors (Lipinski definition) is 1. The molecular formula is C13H13FN2O3. The van der Waals surface area contributed by atoms with Gasteiger partial charge in [-0.1, -0.05) is 0 Å². The van der Waals surface area contributed by atoms with Crippen LogP contribution in [0.15, 0.2) is 24.3 Å². The van der Waals surface area contributed by atoms with Crippen LogP contribution in [0.3, 0.4) is 0 Å². The summed E-state index contributed by atoms with van der Waals surface area (Å²) in [6.07, 6.45) is 0. The summed E-state index contributed by atoms with van der Waals surface area (Å²) in [6, 6.07) is 5.88. The topological polar surface area (TPSA) is 64.4 Å². The molecule has 1 aromatic carbocycles. The Balaban J connectivity index is 2.51. The molecule has 2 rings (SSSR count). The van der Waals surface area contributed by atoms with Crippen LogP contribution in [0, 0.1) is 5.82 Å². The van der Waals surface area contributed by atoms with Gasteiger partial charge in [0.2, 0.25) is 0 Å². The molecule has 0 aliphatic carbocycles. The summed E-state index contributed by atoms with van der Waals surface area (Å²) in [5, 5.41) is 12.9. The van der Waals surface area contributed by atoms with Gasteiger partial charge >= 0.3 is 5.97 Å². The molecule has 0 bridgehead atoms. The predicted octanol–water partition coefficient (Wildman–Crippen LogP) is 2.42. The molecule has 5 nitrogen and oxygen atoms in total. The summed E-state index contributed by atoms with van der Waals surface area (Å²) in [4.78, 5) is 10.9. The molecule has 0 spiro atoms. The molecule has 2 aromatic rings. The Morgan fingerprint density at radius 1 is 1.47 bits per heavy atom. The Morgan fingerprint density at radius 2 is 2.21 bits per heavy atom. The van der Waals surface area contributed by atoms with Crippen LogP contribution in [-0.2, 0) is 6.54 Å². The molecule has 0 aliphatic rings. The van der Waals surface area contributed by atoms with E-state index in [0.717, 1.165) is 0 Å². The maximum Gasteiger partial charge on any atom is 0.356 e. The minimum absolute atomic E-state index is 0.0620. The van der Waals surface area contributed by atoms with Gasteiger partial charge in [-0.15, -0.1) is 0 Å². The number of aromatic nitrogens is 2. The highest BCUT2D eigenvalue weighted by Gasteiger charge is 2.15. The number of hydrogen-bond acceptors (Lipinski definition) is 3. The van der Waals surface area contributed by atoms with E-state index < -0.39 is 11.8 Å². The molecule has 19 heavy (non-hydrogen) atoms. The lowest BCUT2D eigenvalue weighted by Gasteiger charge is -2.06. The first-order valence-corrected chi connectivity index (χ1v) is 5.72. The summed E-state index contributed by atoms with van der Waals surface area (Å²) in [5.74, 6) is -1.46. The highest BCUT2D eigenvalue weighted by molar-refractivity contribution is 5.87. The fourth-order valence-electron chi connectivity index (χ4n) is 1.82. The zero-order valence-corrected chi connectivity index (χ0v) is 10.6. The van der Waals surface area contributed by atoms with E-state index in [4.69, 9.17) is 9.84 Å². The Kier molecular flexibility index (Phi) is 3.50. The van der Waals surface area contributed by atoms with Gasteiger partial charge in [-0.2, -0.15) is 5.10 Å². The van der Waals surface area contributed by atoms with Crippen molar-refractivity contribution in [3.63, 3.8) is 0 Å². The smallest absolute Gasteiger partial charge is 0.356 e. The van der Waals surface area contributed by atoms with Gasteiger partial charge in [-0.3, -0.25) is 4.68 Å². The van der Waals surface area contributed by atoms with Crippen molar-refractivity contribution in [1.29, 1.82) is 0 Å². The number of benzene rings is 1. The van der Waals surface area contributed by atoms with Crippen LogP contribution in [0.5, 0.6) is 5.75 Å². The van der Waals surface area contributed by atoms with E-state index in [0.29, 0.717) is 17.8 Å². The van der Waals surface area contributed by atoms with Crippen molar-refractivity contribution >= 4 is 5.97 Å². The maximum absolute atomic E-state index is 13.7. The number of aryl methyl sites for hydroxylation is 1. The zero-order chi connectivity index (χ0) is 14.0. The first-order chi connectivity index (χ1) is 9.06. The Morgan fingerprint density at radius 3 is 2.74 bits per heavy atom. The van der Waals surface area contributed by atoms with Crippen LogP contribution < -0.4 is 4.74 Å². The molecule has 0 unspecified atom stereocenters. The van der Waals surface area contributed by atoms with Crippen LogP contribution in [-0.4, -0.2) is 28.0 Å². The molecule has 0 radical (unpaired) electrons. The van der Waals surface area contributed by atoms with Crippen molar-refractivity contribution in [3.8, 4) is 17.0 Å². The van der Waals surface area contributed by atoms with Gasteiger partial charge in [0.05, 0.1) is 12.8 Å². The summed E-state index contributed by atoms with van der Waals surface area (Å²) in [7, 11) is 1.39. The van der Waals surface area contributed by atoms with E-state index in [-0.39, 0.29) is 11.4 Å². The second-order valence-corrected chi connectivity index (χ2v) is 3.89. The number of halogens is 1. The molecule has 1 heterocycles. The molecule has 0 atom stereocenters. The Hall–Kier alpha value is -2.37. The first kappa shape index (κ1) is 13.1. The van der Waals surface area contributed by atoms with Gasteiger partial charge in [-0.05, 0) is 31.2 Å². The van der Waals surface area contributed by atoms with Gasteiger partial charge in [0.1, 0.15) is 0 Å². The Bertz CT molecular complexity index is 622. The van der Waals surface area contributed by atoms with Crippen LogP contribution in [0.2, 0.25) is 0 Å². The van der Waals surface area contributed by atoms with E-state index >= 15 is 0 Å².